The zero-order chi connectivity index (χ0) is 15.1. The van der Waals surface area contributed by atoms with E-state index in [9.17, 15) is 4.79 Å². The molecule has 22 heavy (non-hydrogen) atoms. The Morgan fingerprint density at radius 1 is 1.32 bits per heavy atom. The lowest BCUT2D eigenvalue weighted by Gasteiger charge is -2.36. The Hall–Kier alpha value is -1.53. The molecule has 0 N–H and O–H groups in total. The van der Waals surface area contributed by atoms with E-state index in [2.05, 4.69) is 14.9 Å². The molecule has 6 nitrogen and oxygen atoms in total. The predicted molar refractivity (Wildman–Crippen MR) is 80.5 cm³/mol. The fourth-order valence-corrected chi connectivity index (χ4v) is 3.45. The summed E-state index contributed by atoms with van der Waals surface area (Å²) in [4.78, 5) is 25.4. The maximum atomic E-state index is 12.6. The lowest BCUT2D eigenvalue weighted by molar-refractivity contribution is -0.0484. The van der Waals surface area contributed by atoms with Gasteiger partial charge in [-0.15, -0.1) is 0 Å². The molecule has 2 aliphatic heterocycles. The van der Waals surface area contributed by atoms with Gasteiger partial charge in [-0.05, 0) is 25.7 Å². The zero-order valence-corrected chi connectivity index (χ0v) is 12.9. The normalized spacial score (nSPS) is 28.7. The average Bonchev–Trinajstić information content (AvgIpc) is 3.23. The van der Waals surface area contributed by atoms with Gasteiger partial charge in [0.05, 0.1) is 30.6 Å². The molecule has 4 rings (SSSR count). The SMILES string of the molecule is Cc1cnc(C(=O)N2C[C@@H]3OCCN(CC4CC4)[C@@H]3C2)cn1. The van der Waals surface area contributed by atoms with E-state index in [1.807, 2.05) is 11.8 Å². The summed E-state index contributed by atoms with van der Waals surface area (Å²) in [7, 11) is 0. The van der Waals surface area contributed by atoms with Gasteiger partial charge >= 0.3 is 0 Å². The van der Waals surface area contributed by atoms with Gasteiger partial charge in [-0.2, -0.15) is 0 Å². The number of ether oxygens (including phenoxy) is 1. The van der Waals surface area contributed by atoms with Crippen molar-refractivity contribution in [2.45, 2.75) is 31.9 Å². The summed E-state index contributed by atoms with van der Waals surface area (Å²) in [6.07, 6.45) is 6.08. The van der Waals surface area contributed by atoms with E-state index >= 15 is 0 Å². The Labute approximate surface area is 130 Å². The standard InChI is InChI=1S/C16H22N4O2/c1-11-6-18-13(7-17-11)16(21)20-9-14-15(10-20)22-5-4-19(14)8-12-2-3-12/h6-7,12,14-15H,2-5,8-10H2,1H3/t14-,15+/m1/s1. The van der Waals surface area contributed by atoms with Gasteiger partial charge in [0.2, 0.25) is 0 Å². The molecule has 1 amide bonds. The van der Waals surface area contributed by atoms with E-state index in [1.165, 1.54) is 12.8 Å². The summed E-state index contributed by atoms with van der Waals surface area (Å²) in [6, 6.07) is 0.344. The molecule has 1 aromatic rings. The van der Waals surface area contributed by atoms with E-state index in [0.29, 0.717) is 18.3 Å². The van der Waals surface area contributed by atoms with Crippen LogP contribution in [0.1, 0.15) is 29.0 Å². The number of hydrogen-bond donors (Lipinski definition) is 0. The van der Waals surface area contributed by atoms with Crippen molar-refractivity contribution in [1.82, 2.24) is 19.8 Å². The number of likely N-dealkylation sites (tertiary alicyclic amines) is 1. The highest BCUT2D eigenvalue weighted by Gasteiger charge is 2.43. The molecule has 0 spiro atoms. The number of aromatic nitrogens is 2. The minimum absolute atomic E-state index is 0.0307. The van der Waals surface area contributed by atoms with Crippen LogP contribution in [0.5, 0.6) is 0 Å². The van der Waals surface area contributed by atoms with Crippen LogP contribution in [0.15, 0.2) is 12.4 Å². The highest BCUT2D eigenvalue weighted by molar-refractivity contribution is 5.92. The Bertz CT molecular complexity index is 558. The first-order chi connectivity index (χ1) is 10.7. The van der Waals surface area contributed by atoms with Gasteiger partial charge < -0.3 is 9.64 Å². The van der Waals surface area contributed by atoms with Crippen molar-refractivity contribution in [1.29, 1.82) is 0 Å². The largest absolute Gasteiger partial charge is 0.373 e. The third-order valence-electron chi connectivity index (χ3n) is 4.89. The molecule has 0 aromatic carbocycles. The molecule has 1 aliphatic carbocycles. The first kappa shape index (κ1) is 14.1. The molecule has 2 saturated heterocycles. The lowest BCUT2D eigenvalue weighted by Crippen LogP contribution is -2.51. The maximum Gasteiger partial charge on any atom is 0.274 e. The fourth-order valence-electron chi connectivity index (χ4n) is 3.45. The third kappa shape index (κ3) is 2.73. The van der Waals surface area contributed by atoms with Crippen molar-refractivity contribution in [3.05, 3.63) is 23.8 Å². The van der Waals surface area contributed by atoms with E-state index < -0.39 is 0 Å². The van der Waals surface area contributed by atoms with E-state index in [4.69, 9.17) is 4.74 Å². The number of fused-ring (bicyclic) bond motifs is 1. The second-order valence-electron chi connectivity index (χ2n) is 6.67. The molecule has 118 valence electrons. The number of rotatable bonds is 3. The van der Waals surface area contributed by atoms with Gasteiger partial charge in [0.1, 0.15) is 5.69 Å². The number of carbonyl (C=O) groups is 1. The minimum Gasteiger partial charge on any atom is -0.373 e. The number of hydrogen-bond acceptors (Lipinski definition) is 5. The van der Waals surface area contributed by atoms with E-state index in [-0.39, 0.29) is 12.0 Å². The number of amides is 1. The van der Waals surface area contributed by atoms with Crippen molar-refractivity contribution < 1.29 is 9.53 Å². The molecule has 3 fully saturated rings. The molecule has 3 aliphatic rings. The number of aryl methyl sites for hydroxylation is 1. The van der Waals surface area contributed by atoms with Gasteiger partial charge in [-0.1, -0.05) is 0 Å². The highest BCUT2D eigenvalue weighted by Crippen LogP contribution is 2.33. The molecule has 1 saturated carbocycles. The Morgan fingerprint density at radius 2 is 2.18 bits per heavy atom. The third-order valence-corrected chi connectivity index (χ3v) is 4.89. The quantitative estimate of drug-likeness (QED) is 0.823. The summed E-state index contributed by atoms with van der Waals surface area (Å²) in [6.45, 7) is 6.21. The number of morpholine rings is 1. The van der Waals surface area contributed by atoms with Gasteiger partial charge in [0, 0.05) is 32.4 Å². The molecule has 0 radical (unpaired) electrons. The molecular formula is C16H22N4O2. The molecule has 3 heterocycles. The summed E-state index contributed by atoms with van der Waals surface area (Å²) < 4.78 is 5.90. The van der Waals surface area contributed by atoms with Crippen LogP contribution in [-0.4, -0.2) is 70.6 Å². The second kappa shape index (κ2) is 5.59. The van der Waals surface area contributed by atoms with Crippen molar-refractivity contribution in [3.8, 4) is 0 Å². The Balaban J connectivity index is 1.45. The zero-order valence-electron chi connectivity index (χ0n) is 12.9. The van der Waals surface area contributed by atoms with Gasteiger partial charge in [0.15, 0.2) is 0 Å². The minimum atomic E-state index is -0.0307. The first-order valence-corrected chi connectivity index (χ1v) is 8.14. The van der Waals surface area contributed by atoms with Crippen LogP contribution in [0.3, 0.4) is 0 Å². The summed E-state index contributed by atoms with van der Waals surface area (Å²) in [5, 5.41) is 0. The van der Waals surface area contributed by atoms with Crippen LogP contribution >= 0.6 is 0 Å². The summed E-state index contributed by atoms with van der Waals surface area (Å²) in [5.74, 6) is 0.836. The van der Waals surface area contributed by atoms with Crippen molar-refractivity contribution in [2.75, 3.05) is 32.8 Å². The van der Waals surface area contributed by atoms with Crippen LogP contribution < -0.4 is 0 Å². The van der Waals surface area contributed by atoms with Crippen LogP contribution in [0.25, 0.3) is 0 Å². The molecule has 6 heteroatoms. The Morgan fingerprint density at radius 3 is 2.91 bits per heavy atom. The Kier molecular flexibility index (Phi) is 3.58. The number of nitrogens with zero attached hydrogens (tertiary/aromatic N) is 4. The summed E-state index contributed by atoms with van der Waals surface area (Å²) in [5.41, 5.74) is 1.25. The fraction of sp³-hybridized carbons (Fsp3) is 0.688. The molecule has 2 atom stereocenters. The van der Waals surface area contributed by atoms with Crippen LogP contribution in [-0.2, 0) is 4.74 Å². The molecule has 0 bridgehead atoms. The maximum absolute atomic E-state index is 12.6. The van der Waals surface area contributed by atoms with Gasteiger partial charge in [0.25, 0.3) is 5.91 Å². The summed E-state index contributed by atoms with van der Waals surface area (Å²) >= 11 is 0. The molecule has 0 unspecified atom stereocenters. The highest BCUT2D eigenvalue weighted by atomic mass is 16.5. The van der Waals surface area contributed by atoms with Crippen LogP contribution in [0.2, 0.25) is 0 Å². The number of carbonyl (C=O) groups excluding carboxylic acids is 1. The van der Waals surface area contributed by atoms with Gasteiger partial charge in [-0.25, -0.2) is 4.98 Å². The lowest BCUT2D eigenvalue weighted by atomic mass is 10.1. The van der Waals surface area contributed by atoms with Gasteiger partial charge in [-0.3, -0.25) is 14.7 Å². The van der Waals surface area contributed by atoms with Crippen LogP contribution in [0, 0.1) is 12.8 Å². The van der Waals surface area contributed by atoms with E-state index in [1.54, 1.807) is 12.4 Å². The van der Waals surface area contributed by atoms with Crippen molar-refractivity contribution in [3.63, 3.8) is 0 Å². The predicted octanol–water partition coefficient (Wildman–Crippen LogP) is 0.720. The topological polar surface area (TPSA) is 58.6 Å². The second-order valence-corrected chi connectivity index (χ2v) is 6.67. The molecular weight excluding hydrogens is 280 g/mol. The van der Waals surface area contributed by atoms with E-state index in [0.717, 1.165) is 37.9 Å². The van der Waals surface area contributed by atoms with Crippen LogP contribution in [0.4, 0.5) is 0 Å². The smallest absolute Gasteiger partial charge is 0.274 e. The van der Waals surface area contributed by atoms with Crippen molar-refractivity contribution >= 4 is 5.91 Å². The average molecular weight is 302 g/mol. The molecule has 1 aromatic heterocycles. The first-order valence-electron chi connectivity index (χ1n) is 8.14. The monoisotopic (exact) mass is 302 g/mol. The van der Waals surface area contributed by atoms with Crippen molar-refractivity contribution in [2.24, 2.45) is 5.92 Å².